The predicted molar refractivity (Wildman–Crippen MR) is 56.3 cm³/mol. The minimum atomic E-state index is 0.574. The monoisotopic (exact) mass is 176 g/mol. The fraction of sp³-hybridized carbons (Fsp3) is 0.333. The molecule has 0 saturated carbocycles. The first-order valence-electron chi connectivity index (χ1n) is 4.62. The maximum Gasteiger partial charge on any atom is 0.133 e. The summed E-state index contributed by atoms with van der Waals surface area (Å²) in [6.07, 6.45) is 8.01. The number of hydrogen-bond donors (Lipinski definition) is 0. The van der Waals surface area contributed by atoms with Crippen LogP contribution in [0.3, 0.4) is 0 Å². The van der Waals surface area contributed by atoms with Crippen molar-refractivity contribution in [3.8, 4) is 0 Å². The van der Waals surface area contributed by atoms with Crippen molar-refractivity contribution in [2.75, 3.05) is 0 Å². The molecule has 13 heavy (non-hydrogen) atoms. The second kappa shape index (κ2) is 4.70. The lowest BCUT2D eigenvalue weighted by Crippen LogP contribution is -1.80. The van der Waals surface area contributed by atoms with Gasteiger partial charge < -0.3 is 4.42 Å². The van der Waals surface area contributed by atoms with E-state index in [0.29, 0.717) is 5.92 Å². The van der Waals surface area contributed by atoms with E-state index < -0.39 is 0 Å². The van der Waals surface area contributed by atoms with Crippen molar-refractivity contribution in [1.29, 1.82) is 0 Å². The summed E-state index contributed by atoms with van der Waals surface area (Å²) in [7, 11) is 0. The van der Waals surface area contributed by atoms with Crippen LogP contribution in [-0.2, 0) is 0 Å². The van der Waals surface area contributed by atoms with Gasteiger partial charge in [0.2, 0.25) is 0 Å². The van der Waals surface area contributed by atoms with Crippen LogP contribution in [0.25, 0.3) is 5.57 Å². The van der Waals surface area contributed by atoms with Crippen LogP contribution in [0.2, 0.25) is 0 Å². The fourth-order valence-electron chi connectivity index (χ4n) is 1.06. The van der Waals surface area contributed by atoms with Gasteiger partial charge in [-0.3, -0.25) is 0 Å². The third-order valence-corrected chi connectivity index (χ3v) is 1.78. The summed E-state index contributed by atoms with van der Waals surface area (Å²) in [6.45, 7) is 6.33. The zero-order chi connectivity index (χ0) is 9.68. The number of furan rings is 1. The van der Waals surface area contributed by atoms with E-state index in [4.69, 9.17) is 4.42 Å². The fourth-order valence-corrected chi connectivity index (χ4v) is 1.06. The molecule has 0 saturated heterocycles. The zero-order valence-corrected chi connectivity index (χ0v) is 8.45. The average molecular weight is 176 g/mol. The normalized spacial score (nSPS) is 13.1. The van der Waals surface area contributed by atoms with Crippen molar-refractivity contribution >= 4 is 5.57 Å². The summed E-state index contributed by atoms with van der Waals surface area (Å²) in [6, 6.07) is 3.88. The third-order valence-electron chi connectivity index (χ3n) is 1.78. The van der Waals surface area contributed by atoms with Crippen LogP contribution in [0, 0.1) is 5.92 Å². The molecule has 1 nitrogen and oxygen atoms in total. The van der Waals surface area contributed by atoms with E-state index in [2.05, 4.69) is 32.1 Å². The Kier molecular flexibility index (Phi) is 3.56. The minimum Gasteiger partial charge on any atom is -0.464 e. The summed E-state index contributed by atoms with van der Waals surface area (Å²) >= 11 is 0. The van der Waals surface area contributed by atoms with Crippen LogP contribution in [0.1, 0.15) is 26.5 Å². The molecule has 1 rings (SSSR count). The smallest absolute Gasteiger partial charge is 0.133 e. The van der Waals surface area contributed by atoms with Crippen molar-refractivity contribution in [3.05, 3.63) is 42.4 Å². The predicted octanol–water partition coefficient (Wildman–Crippen LogP) is 3.90. The largest absolute Gasteiger partial charge is 0.464 e. The van der Waals surface area contributed by atoms with Crippen molar-refractivity contribution in [2.24, 2.45) is 5.92 Å². The first-order valence-corrected chi connectivity index (χ1v) is 4.62. The van der Waals surface area contributed by atoms with Gasteiger partial charge >= 0.3 is 0 Å². The van der Waals surface area contributed by atoms with E-state index in [1.807, 2.05) is 19.1 Å². The lowest BCUT2D eigenvalue weighted by Gasteiger charge is -1.97. The molecule has 70 valence electrons. The van der Waals surface area contributed by atoms with Gasteiger partial charge in [-0.1, -0.05) is 32.1 Å². The Morgan fingerprint density at radius 3 is 2.69 bits per heavy atom. The second-order valence-electron chi connectivity index (χ2n) is 3.32. The Hall–Kier alpha value is -1.24. The topological polar surface area (TPSA) is 13.1 Å². The minimum absolute atomic E-state index is 0.574. The van der Waals surface area contributed by atoms with Crippen LogP contribution >= 0.6 is 0 Å². The van der Waals surface area contributed by atoms with E-state index in [0.717, 1.165) is 11.3 Å². The molecule has 1 aromatic heterocycles. The highest BCUT2D eigenvalue weighted by atomic mass is 16.3. The van der Waals surface area contributed by atoms with Gasteiger partial charge in [0.25, 0.3) is 0 Å². The number of rotatable bonds is 3. The van der Waals surface area contributed by atoms with Gasteiger partial charge in [0.1, 0.15) is 5.76 Å². The standard InChI is InChI=1S/C12H16O/c1-4-11(8-7-10(2)3)12-6-5-9-13-12/h4-10H,1-3H3/b8-7-,11-4+. The Bertz CT molecular complexity index is 289. The molecule has 0 fully saturated rings. The summed E-state index contributed by atoms with van der Waals surface area (Å²) in [5.74, 6) is 1.50. The summed E-state index contributed by atoms with van der Waals surface area (Å²) in [5, 5.41) is 0. The SMILES string of the molecule is C/C=C(\C=C/C(C)C)c1ccco1. The summed E-state index contributed by atoms with van der Waals surface area (Å²) in [5.41, 5.74) is 1.14. The molecule has 1 heterocycles. The first-order chi connectivity index (χ1) is 6.24. The van der Waals surface area contributed by atoms with Gasteiger partial charge in [0.05, 0.1) is 6.26 Å². The number of hydrogen-bond acceptors (Lipinski definition) is 1. The maximum absolute atomic E-state index is 5.30. The molecule has 0 unspecified atom stereocenters. The van der Waals surface area contributed by atoms with Crippen molar-refractivity contribution in [2.45, 2.75) is 20.8 Å². The second-order valence-corrected chi connectivity index (χ2v) is 3.32. The van der Waals surface area contributed by atoms with E-state index in [1.54, 1.807) is 6.26 Å². The Morgan fingerprint density at radius 1 is 1.46 bits per heavy atom. The first kappa shape index (κ1) is 9.85. The molecule has 0 radical (unpaired) electrons. The molecule has 1 aromatic rings. The molecule has 0 aromatic carbocycles. The van der Waals surface area contributed by atoms with Gasteiger partial charge in [-0.05, 0) is 25.0 Å². The number of allylic oxidation sites excluding steroid dienone is 4. The molecule has 0 atom stereocenters. The van der Waals surface area contributed by atoms with Gasteiger partial charge in [0, 0.05) is 5.57 Å². The van der Waals surface area contributed by atoms with Crippen molar-refractivity contribution < 1.29 is 4.42 Å². The molecule has 0 aliphatic rings. The van der Waals surface area contributed by atoms with E-state index in [-0.39, 0.29) is 0 Å². The van der Waals surface area contributed by atoms with E-state index >= 15 is 0 Å². The molecular formula is C12H16O. The Morgan fingerprint density at radius 2 is 2.23 bits per heavy atom. The molecule has 0 amide bonds. The lowest BCUT2D eigenvalue weighted by molar-refractivity contribution is 0.554. The summed E-state index contributed by atoms with van der Waals surface area (Å²) in [4.78, 5) is 0. The highest BCUT2D eigenvalue weighted by Crippen LogP contribution is 2.16. The molecular weight excluding hydrogens is 160 g/mol. The van der Waals surface area contributed by atoms with Crippen molar-refractivity contribution in [3.63, 3.8) is 0 Å². The third kappa shape index (κ3) is 2.94. The quantitative estimate of drug-likeness (QED) is 0.637. The van der Waals surface area contributed by atoms with Crippen LogP contribution in [0.15, 0.2) is 41.0 Å². The van der Waals surface area contributed by atoms with E-state index in [9.17, 15) is 0 Å². The molecule has 0 bridgehead atoms. The van der Waals surface area contributed by atoms with Gasteiger partial charge in [-0.25, -0.2) is 0 Å². The molecule has 0 N–H and O–H groups in total. The highest BCUT2D eigenvalue weighted by molar-refractivity contribution is 5.70. The summed E-state index contributed by atoms with van der Waals surface area (Å²) < 4.78 is 5.30. The molecule has 0 aliphatic carbocycles. The average Bonchev–Trinajstić information content (AvgIpc) is 2.58. The van der Waals surface area contributed by atoms with Crippen molar-refractivity contribution in [1.82, 2.24) is 0 Å². The molecule has 0 aliphatic heterocycles. The van der Waals surface area contributed by atoms with E-state index in [1.165, 1.54) is 0 Å². The highest BCUT2D eigenvalue weighted by Gasteiger charge is 1.98. The van der Waals surface area contributed by atoms with Gasteiger partial charge in [0.15, 0.2) is 0 Å². The zero-order valence-electron chi connectivity index (χ0n) is 8.45. The lowest BCUT2D eigenvalue weighted by atomic mass is 10.1. The maximum atomic E-state index is 5.30. The van der Waals surface area contributed by atoms with Crippen LogP contribution in [-0.4, -0.2) is 0 Å². The Labute approximate surface area is 79.8 Å². The van der Waals surface area contributed by atoms with Crippen LogP contribution in [0.4, 0.5) is 0 Å². The molecule has 0 spiro atoms. The molecule has 1 heteroatoms. The Balaban J connectivity index is 2.77. The van der Waals surface area contributed by atoms with Gasteiger partial charge in [-0.15, -0.1) is 0 Å². The van der Waals surface area contributed by atoms with Crippen LogP contribution < -0.4 is 0 Å². The van der Waals surface area contributed by atoms with Gasteiger partial charge in [-0.2, -0.15) is 0 Å². The van der Waals surface area contributed by atoms with Crippen LogP contribution in [0.5, 0.6) is 0 Å².